The molecule has 0 bridgehead atoms. The van der Waals surface area contributed by atoms with Gasteiger partial charge < -0.3 is 10.2 Å². The van der Waals surface area contributed by atoms with E-state index in [2.05, 4.69) is 24.3 Å². The van der Waals surface area contributed by atoms with Crippen molar-refractivity contribution in [1.82, 2.24) is 10.2 Å². The molecule has 14 heavy (non-hydrogen) atoms. The third-order valence-electron chi connectivity index (χ3n) is 3.97. The quantitative estimate of drug-likeness (QED) is 0.738. The molecular weight excluding hydrogens is 172 g/mol. The Morgan fingerprint density at radius 2 is 1.86 bits per heavy atom. The molecule has 2 nitrogen and oxygen atoms in total. The van der Waals surface area contributed by atoms with Crippen molar-refractivity contribution in [3.05, 3.63) is 0 Å². The van der Waals surface area contributed by atoms with Crippen LogP contribution in [0.5, 0.6) is 0 Å². The monoisotopic (exact) mass is 196 g/mol. The third-order valence-corrected chi connectivity index (χ3v) is 3.97. The van der Waals surface area contributed by atoms with Crippen LogP contribution >= 0.6 is 0 Å². The maximum Gasteiger partial charge on any atom is 0.0104 e. The number of nitrogens with one attached hydrogen (secondary N) is 1. The van der Waals surface area contributed by atoms with Crippen LogP contribution in [-0.4, -0.2) is 37.6 Å². The van der Waals surface area contributed by atoms with E-state index < -0.39 is 0 Å². The summed E-state index contributed by atoms with van der Waals surface area (Å²) in [7, 11) is 4.43. The van der Waals surface area contributed by atoms with Gasteiger partial charge in [-0.1, -0.05) is 12.8 Å². The standard InChI is InChI=1S/C12H24N2/c1-13-12-6-4-3-5-10(12)9-14(2)11-7-8-11/h10-13H,3-9H2,1-2H3. The molecule has 1 N–H and O–H groups in total. The number of nitrogens with zero attached hydrogens (tertiary/aromatic N) is 1. The van der Waals surface area contributed by atoms with Crippen molar-refractivity contribution < 1.29 is 0 Å². The van der Waals surface area contributed by atoms with Crippen molar-refractivity contribution in [3.63, 3.8) is 0 Å². The normalized spacial score (nSPS) is 33.6. The van der Waals surface area contributed by atoms with Crippen molar-refractivity contribution >= 4 is 0 Å². The smallest absolute Gasteiger partial charge is 0.0104 e. The molecular formula is C12H24N2. The molecule has 2 aliphatic carbocycles. The molecule has 2 saturated carbocycles. The molecule has 82 valence electrons. The first-order chi connectivity index (χ1) is 6.81. The molecule has 0 radical (unpaired) electrons. The summed E-state index contributed by atoms with van der Waals surface area (Å²) in [4.78, 5) is 2.58. The van der Waals surface area contributed by atoms with Crippen LogP contribution in [0.2, 0.25) is 0 Å². The van der Waals surface area contributed by atoms with Crippen LogP contribution in [0.3, 0.4) is 0 Å². The lowest BCUT2D eigenvalue weighted by Gasteiger charge is -2.34. The second-order valence-corrected chi connectivity index (χ2v) is 5.11. The van der Waals surface area contributed by atoms with Crippen LogP contribution in [0.4, 0.5) is 0 Å². The number of hydrogen-bond donors (Lipinski definition) is 1. The van der Waals surface area contributed by atoms with Gasteiger partial charge in [0.05, 0.1) is 0 Å². The molecule has 0 spiro atoms. The van der Waals surface area contributed by atoms with E-state index in [4.69, 9.17) is 0 Å². The van der Waals surface area contributed by atoms with E-state index >= 15 is 0 Å². The fourth-order valence-corrected chi connectivity index (χ4v) is 2.84. The first kappa shape index (κ1) is 10.4. The molecule has 2 rings (SSSR count). The molecule has 2 heteroatoms. The maximum absolute atomic E-state index is 3.49. The Labute approximate surface area is 88.1 Å². The molecule has 0 aliphatic heterocycles. The van der Waals surface area contributed by atoms with Gasteiger partial charge in [-0.15, -0.1) is 0 Å². The minimum Gasteiger partial charge on any atom is -0.317 e. The molecule has 0 aromatic heterocycles. The van der Waals surface area contributed by atoms with Crippen LogP contribution in [0.15, 0.2) is 0 Å². The van der Waals surface area contributed by atoms with Crippen molar-refractivity contribution in [2.45, 2.75) is 50.6 Å². The van der Waals surface area contributed by atoms with E-state index in [-0.39, 0.29) is 0 Å². The molecule has 2 aliphatic rings. The Morgan fingerprint density at radius 1 is 1.14 bits per heavy atom. The van der Waals surface area contributed by atoms with E-state index in [0.29, 0.717) is 0 Å². The van der Waals surface area contributed by atoms with Crippen LogP contribution in [0.1, 0.15) is 38.5 Å². The molecule has 0 aromatic carbocycles. The molecule has 0 aromatic rings. The van der Waals surface area contributed by atoms with Crippen LogP contribution < -0.4 is 5.32 Å². The fourth-order valence-electron chi connectivity index (χ4n) is 2.84. The first-order valence-corrected chi connectivity index (χ1v) is 6.18. The van der Waals surface area contributed by atoms with Gasteiger partial charge in [0, 0.05) is 18.6 Å². The van der Waals surface area contributed by atoms with Crippen molar-refractivity contribution in [3.8, 4) is 0 Å². The highest BCUT2D eigenvalue weighted by atomic mass is 15.2. The lowest BCUT2D eigenvalue weighted by Crippen LogP contribution is -2.42. The number of hydrogen-bond acceptors (Lipinski definition) is 2. The lowest BCUT2D eigenvalue weighted by molar-refractivity contribution is 0.190. The summed E-state index contributed by atoms with van der Waals surface area (Å²) in [6.07, 6.45) is 8.57. The zero-order chi connectivity index (χ0) is 9.97. The summed E-state index contributed by atoms with van der Waals surface area (Å²) in [5.74, 6) is 0.902. The predicted octanol–water partition coefficient (Wildman–Crippen LogP) is 1.86. The van der Waals surface area contributed by atoms with Crippen LogP contribution in [0.25, 0.3) is 0 Å². The molecule has 2 fully saturated rings. The van der Waals surface area contributed by atoms with E-state index in [1.165, 1.54) is 45.1 Å². The average molecular weight is 196 g/mol. The van der Waals surface area contributed by atoms with Gasteiger partial charge in [-0.3, -0.25) is 0 Å². The van der Waals surface area contributed by atoms with Gasteiger partial charge in [-0.2, -0.15) is 0 Å². The second-order valence-electron chi connectivity index (χ2n) is 5.11. The Morgan fingerprint density at radius 3 is 2.50 bits per heavy atom. The van der Waals surface area contributed by atoms with E-state index in [9.17, 15) is 0 Å². The summed E-state index contributed by atoms with van der Waals surface area (Å²) in [6, 6.07) is 1.71. The first-order valence-electron chi connectivity index (χ1n) is 6.18. The zero-order valence-electron chi connectivity index (χ0n) is 9.63. The molecule has 0 saturated heterocycles. The molecule has 0 heterocycles. The van der Waals surface area contributed by atoms with E-state index in [0.717, 1.165) is 18.0 Å². The Kier molecular flexibility index (Phi) is 3.45. The number of rotatable bonds is 4. The summed E-state index contributed by atoms with van der Waals surface area (Å²) in [5, 5.41) is 3.49. The third kappa shape index (κ3) is 2.48. The largest absolute Gasteiger partial charge is 0.317 e. The maximum atomic E-state index is 3.49. The van der Waals surface area contributed by atoms with Gasteiger partial charge in [0.2, 0.25) is 0 Å². The molecule has 2 atom stereocenters. The van der Waals surface area contributed by atoms with Crippen molar-refractivity contribution in [2.75, 3.05) is 20.6 Å². The zero-order valence-corrected chi connectivity index (χ0v) is 9.63. The van der Waals surface area contributed by atoms with Gasteiger partial charge in [-0.25, -0.2) is 0 Å². The average Bonchev–Trinajstić information content (AvgIpc) is 3.02. The summed E-state index contributed by atoms with van der Waals surface area (Å²) >= 11 is 0. The lowest BCUT2D eigenvalue weighted by atomic mass is 9.84. The predicted molar refractivity (Wildman–Crippen MR) is 60.5 cm³/mol. The highest BCUT2D eigenvalue weighted by Gasteiger charge is 2.30. The Bertz CT molecular complexity index is 177. The highest BCUT2D eigenvalue weighted by Crippen LogP contribution is 2.30. The summed E-state index contributed by atoms with van der Waals surface area (Å²) < 4.78 is 0. The molecule has 2 unspecified atom stereocenters. The summed E-state index contributed by atoms with van der Waals surface area (Å²) in [6.45, 7) is 1.32. The minimum atomic E-state index is 0.782. The second kappa shape index (κ2) is 4.63. The van der Waals surface area contributed by atoms with Gasteiger partial charge in [0.15, 0.2) is 0 Å². The SMILES string of the molecule is CNC1CCCCC1CN(C)C1CC1. The van der Waals surface area contributed by atoms with Gasteiger partial charge in [0.25, 0.3) is 0 Å². The fraction of sp³-hybridized carbons (Fsp3) is 1.00. The van der Waals surface area contributed by atoms with E-state index in [1.807, 2.05) is 0 Å². The molecule has 0 amide bonds. The van der Waals surface area contributed by atoms with Gasteiger partial charge in [0.1, 0.15) is 0 Å². The summed E-state index contributed by atoms with van der Waals surface area (Å²) in [5.41, 5.74) is 0. The van der Waals surface area contributed by atoms with Gasteiger partial charge in [-0.05, 0) is 45.7 Å². The topological polar surface area (TPSA) is 15.3 Å². The van der Waals surface area contributed by atoms with Crippen molar-refractivity contribution in [2.24, 2.45) is 5.92 Å². The van der Waals surface area contributed by atoms with Crippen LogP contribution in [0, 0.1) is 5.92 Å². The Balaban J connectivity index is 1.80. The van der Waals surface area contributed by atoms with Crippen LogP contribution in [-0.2, 0) is 0 Å². The minimum absolute atomic E-state index is 0.782. The van der Waals surface area contributed by atoms with E-state index in [1.54, 1.807) is 0 Å². The van der Waals surface area contributed by atoms with Crippen molar-refractivity contribution in [1.29, 1.82) is 0 Å². The Hall–Kier alpha value is -0.0800. The van der Waals surface area contributed by atoms with Gasteiger partial charge >= 0.3 is 0 Å². The highest BCUT2D eigenvalue weighted by molar-refractivity contribution is 4.87.